The SMILES string of the molecule is CN(Cc1c(Cl)cc(Cl)c(=O)n1Cc1ccc(C(=O)O)cc1)c1cccc(C(F)(F)F)c1. The minimum Gasteiger partial charge on any atom is -0.478 e. The quantitative estimate of drug-likeness (QED) is 0.497. The molecule has 0 amide bonds. The molecule has 0 aliphatic carbocycles. The molecular weight excluding hydrogens is 468 g/mol. The highest BCUT2D eigenvalue weighted by Gasteiger charge is 2.30. The van der Waals surface area contributed by atoms with Crippen molar-refractivity contribution in [2.75, 3.05) is 11.9 Å². The monoisotopic (exact) mass is 484 g/mol. The van der Waals surface area contributed by atoms with Gasteiger partial charge in [-0.1, -0.05) is 41.4 Å². The lowest BCUT2D eigenvalue weighted by Crippen LogP contribution is -2.29. The summed E-state index contributed by atoms with van der Waals surface area (Å²) in [6.45, 7) is 0.0739. The van der Waals surface area contributed by atoms with E-state index in [0.29, 0.717) is 11.3 Å². The van der Waals surface area contributed by atoms with Gasteiger partial charge in [0.1, 0.15) is 5.02 Å². The molecule has 0 spiro atoms. The fraction of sp³-hybridized carbons (Fsp3) is 0.182. The minimum absolute atomic E-state index is 0.0275. The largest absolute Gasteiger partial charge is 0.478 e. The third kappa shape index (κ3) is 5.26. The van der Waals surface area contributed by atoms with Gasteiger partial charge >= 0.3 is 12.1 Å². The third-order valence-electron chi connectivity index (χ3n) is 4.85. The number of carboxylic acids is 1. The van der Waals surface area contributed by atoms with Crippen molar-refractivity contribution >= 4 is 34.9 Å². The van der Waals surface area contributed by atoms with Crippen LogP contribution in [-0.2, 0) is 19.3 Å². The lowest BCUT2D eigenvalue weighted by molar-refractivity contribution is -0.137. The van der Waals surface area contributed by atoms with Crippen LogP contribution in [0, 0.1) is 0 Å². The van der Waals surface area contributed by atoms with Gasteiger partial charge in [0.25, 0.3) is 5.56 Å². The summed E-state index contributed by atoms with van der Waals surface area (Å²) in [4.78, 5) is 25.3. The first-order chi connectivity index (χ1) is 15.0. The normalized spacial score (nSPS) is 11.4. The molecule has 2 aromatic carbocycles. The topological polar surface area (TPSA) is 62.5 Å². The number of benzene rings is 2. The standard InChI is InChI=1S/C22H17Cl2F3N2O3/c1-28(16-4-2-3-15(9-16)22(25,26)27)12-19-17(23)10-18(24)20(30)29(19)11-13-5-7-14(8-6-13)21(31)32/h2-10H,11-12H2,1H3,(H,31,32). The van der Waals surface area contributed by atoms with Gasteiger partial charge in [-0.05, 0) is 42.0 Å². The molecule has 0 radical (unpaired) electrons. The number of hydrogen-bond acceptors (Lipinski definition) is 3. The molecular formula is C22H17Cl2F3N2O3. The number of aromatic nitrogens is 1. The maximum Gasteiger partial charge on any atom is 0.416 e. The number of alkyl halides is 3. The molecule has 0 saturated heterocycles. The van der Waals surface area contributed by atoms with Crippen LogP contribution in [0.25, 0.3) is 0 Å². The van der Waals surface area contributed by atoms with E-state index < -0.39 is 23.3 Å². The van der Waals surface area contributed by atoms with Gasteiger partial charge in [-0.2, -0.15) is 13.2 Å². The van der Waals surface area contributed by atoms with E-state index in [0.717, 1.165) is 12.1 Å². The average molecular weight is 485 g/mol. The summed E-state index contributed by atoms with van der Waals surface area (Å²) in [6, 6.07) is 12.0. The van der Waals surface area contributed by atoms with E-state index in [-0.39, 0.29) is 34.4 Å². The molecule has 10 heteroatoms. The zero-order valence-electron chi connectivity index (χ0n) is 16.7. The highest BCUT2D eigenvalue weighted by molar-refractivity contribution is 6.34. The summed E-state index contributed by atoms with van der Waals surface area (Å²) in [6.07, 6.45) is -4.49. The predicted octanol–water partition coefficient (Wildman–Crippen LogP) is 5.56. The second-order valence-corrected chi connectivity index (χ2v) is 7.90. The van der Waals surface area contributed by atoms with E-state index in [2.05, 4.69) is 0 Å². The third-order valence-corrected chi connectivity index (χ3v) is 5.45. The molecule has 0 aliphatic rings. The Kier molecular flexibility index (Phi) is 6.85. The van der Waals surface area contributed by atoms with Crippen molar-refractivity contribution in [1.82, 2.24) is 4.57 Å². The van der Waals surface area contributed by atoms with E-state index in [1.54, 1.807) is 19.2 Å². The van der Waals surface area contributed by atoms with E-state index in [1.807, 2.05) is 0 Å². The van der Waals surface area contributed by atoms with Crippen LogP contribution in [0.3, 0.4) is 0 Å². The molecule has 1 N–H and O–H groups in total. The molecule has 0 unspecified atom stereocenters. The Balaban J connectivity index is 1.97. The summed E-state index contributed by atoms with van der Waals surface area (Å²) >= 11 is 12.4. The molecule has 1 heterocycles. The van der Waals surface area contributed by atoms with E-state index in [9.17, 15) is 22.8 Å². The lowest BCUT2D eigenvalue weighted by atomic mass is 10.1. The number of rotatable bonds is 6. The van der Waals surface area contributed by atoms with Crippen LogP contribution in [0.5, 0.6) is 0 Å². The maximum absolute atomic E-state index is 13.1. The predicted molar refractivity (Wildman–Crippen MR) is 117 cm³/mol. The highest BCUT2D eigenvalue weighted by Crippen LogP contribution is 2.32. The molecule has 0 fully saturated rings. The van der Waals surface area contributed by atoms with Gasteiger partial charge in [-0.15, -0.1) is 0 Å². The van der Waals surface area contributed by atoms with Crippen molar-refractivity contribution in [3.05, 3.63) is 97.4 Å². The number of pyridine rings is 1. The Labute approximate surface area is 191 Å². The Hall–Kier alpha value is -2.97. The molecule has 3 aromatic rings. The van der Waals surface area contributed by atoms with Gasteiger partial charge in [-0.25, -0.2) is 4.79 Å². The zero-order valence-corrected chi connectivity index (χ0v) is 18.2. The lowest BCUT2D eigenvalue weighted by Gasteiger charge is -2.24. The fourth-order valence-electron chi connectivity index (χ4n) is 3.14. The molecule has 0 aliphatic heterocycles. The molecule has 3 rings (SSSR count). The van der Waals surface area contributed by atoms with Crippen molar-refractivity contribution in [1.29, 1.82) is 0 Å². The minimum atomic E-state index is -4.49. The first kappa shape index (κ1) is 23.7. The number of carbonyl (C=O) groups is 1. The van der Waals surface area contributed by atoms with Crippen LogP contribution in [0.1, 0.15) is 27.2 Å². The number of halogens is 5. The summed E-state index contributed by atoms with van der Waals surface area (Å²) in [5.74, 6) is -1.08. The Morgan fingerprint density at radius 2 is 1.72 bits per heavy atom. The number of aromatic carboxylic acids is 1. The van der Waals surface area contributed by atoms with Crippen molar-refractivity contribution in [3.63, 3.8) is 0 Å². The average Bonchev–Trinajstić information content (AvgIpc) is 2.74. The van der Waals surface area contributed by atoms with Crippen LogP contribution < -0.4 is 10.5 Å². The van der Waals surface area contributed by atoms with Crippen molar-refractivity contribution in [2.24, 2.45) is 0 Å². The summed E-state index contributed by atoms with van der Waals surface area (Å²) < 4.78 is 40.5. The molecule has 5 nitrogen and oxygen atoms in total. The number of nitrogens with zero attached hydrogens (tertiary/aromatic N) is 2. The van der Waals surface area contributed by atoms with Gasteiger partial charge < -0.3 is 14.6 Å². The van der Waals surface area contributed by atoms with Gasteiger partial charge in [0, 0.05) is 12.7 Å². The molecule has 0 atom stereocenters. The number of carboxylic acid groups (broad SMARTS) is 1. The van der Waals surface area contributed by atoms with Crippen molar-refractivity contribution < 1.29 is 23.1 Å². The van der Waals surface area contributed by atoms with E-state index in [1.165, 1.54) is 39.8 Å². The Morgan fingerprint density at radius 3 is 2.31 bits per heavy atom. The first-order valence-corrected chi connectivity index (χ1v) is 10.0. The zero-order chi connectivity index (χ0) is 23.6. The van der Waals surface area contributed by atoms with Crippen molar-refractivity contribution in [3.8, 4) is 0 Å². The van der Waals surface area contributed by atoms with Crippen LogP contribution in [-0.4, -0.2) is 22.7 Å². The summed E-state index contributed by atoms with van der Waals surface area (Å²) in [5, 5.41) is 9.11. The van der Waals surface area contributed by atoms with E-state index >= 15 is 0 Å². The molecule has 168 valence electrons. The van der Waals surface area contributed by atoms with E-state index in [4.69, 9.17) is 28.3 Å². The van der Waals surface area contributed by atoms with Crippen LogP contribution in [0.15, 0.2) is 59.4 Å². The van der Waals surface area contributed by atoms with Gasteiger partial charge in [0.15, 0.2) is 0 Å². The highest BCUT2D eigenvalue weighted by atomic mass is 35.5. The van der Waals surface area contributed by atoms with Crippen LogP contribution in [0.2, 0.25) is 10.0 Å². The smallest absolute Gasteiger partial charge is 0.416 e. The Morgan fingerprint density at radius 1 is 1.06 bits per heavy atom. The second-order valence-electron chi connectivity index (χ2n) is 7.08. The summed E-state index contributed by atoms with van der Waals surface area (Å²) in [5.41, 5.74) is 0.0397. The van der Waals surface area contributed by atoms with Crippen LogP contribution >= 0.6 is 23.2 Å². The van der Waals surface area contributed by atoms with Gasteiger partial charge in [0.05, 0.1) is 34.9 Å². The molecule has 1 aromatic heterocycles. The first-order valence-electron chi connectivity index (χ1n) is 9.25. The second kappa shape index (κ2) is 9.26. The molecule has 0 bridgehead atoms. The number of hydrogen-bond donors (Lipinski definition) is 1. The van der Waals surface area contributed by atoms with Gasteiger partial charge in [-0.3, -0.25) is 4.79 Å². The summed E-state index contributed by atoms with van der Waals surface area (Å²) in [7, 11) is 1.58. The molecule has 0 saturated carbocycles. The maximum atomic E-state index is 13.1. The number of anilines is 1. The van der Waals surface area contributed by atoms with Crippen LogP contribution in [0.4, 0.5) is 18.9 Å². The van der Waals surface area contributed by atoms with Gasteiger partial charge in [0.2, 0.25) is 0 Å². The molecule has 32 heavy (non-hydrogen) atoms. The fourth-order valence-corrected chi connectivity index (χ4v) is 3.67. The Bertz CT molecular complexity index is 1210. The van der Waals surface area contributed by atoms with Crippen molar-refractivity contribution in [2.45, 2.75) is 19.3 Å².